The molecular weight excluding hydrogens is 304 g/mol. The summed E-state index contributed by atoms with van der Waals surface area (Å²) in [5.41, 5.74) is 5.10. The van der Waals surface area contributed by atoms with E-state index in [4.69, 9.17) is 4.42 Å². The Labute approximate surface area is 137 Å². The van der Waals surface area contributed by atoms with Crippen LogP contribution >= 0.6 is 0 Å². The van der Waals surface area contributed by atoms with E-state index in [0.29, 0.717) is 0 Å². The summed E-state index contributed by atoms with van der Waals surface area (Å²) in [6.45, 7) is 1.49. The SMILES string of the molecule is CC(=O)Nc1ccc(-c2ccc3ncc(-c4ccoc4)n3n2)cc1. The smallest absolute Gasteiger partial charge is 0.221 e. The molecule has 0 bridgehead atoms. The maximum Gasteiger partial charge on any atom is 0.221 e. The van der Waals surface area contributed by atoms with Crippen LogP contribution in [0.5, 0.6) is 0 Å². The number of fused-ring (bicyclic) bond motifs is 1. The lowest BCUT2D eigenvalue weighted by molar-refractivity contribution is -0.114. The van der Waals surface area contributed by atoms with E-state index in [2.05, 4.69) is 15.4 Å². The summed E-state index contributed by atoms with van der Waals surface area (Å²) < 4.78 is 6.94. The molecule has 118 valence electrons. The predicted molar refractivity (Wildman–Crippen MR) is 90.4 cm³/mol. The van der Waals surface area contributed by atoms with Gasteiger partial charge in [-0.3, -0.25) is 4.79 Å². The number of imidazole rings is 1. The van der Waals surface area contributed by atoms with Gasteiger partial charge in [0.2, 0.25) is 5.91 Å². The van der Waals surface area contributed by atoms with Gasteiger partial charge in [-0.15, -0.1) is 0 Å². The summed E-state index contributed by atoms with van der Waals surface area (Å²) in [5.74, 6) is -0.0922. The molecule has 0 saturated heterocycles. The van der Waals surface area contributed by atoms with E-state index in [0.717, 1.165) is 33.8 Å². The molecule has 6 heteroatoms. The minimum Gasteiger partial charge on any atom is -0.472 e. The monoisotopic (exact) mass is 318 g/mol. The molecule has 1 N–H and O–H groups in total. The fourth-order valence-corrected chi connectivity index (χ4v) is 2.56. The number of hydrogen-bond donors (Lipinski definition) is 1. The van der Waals surface area contributed by atoms with Crippen LogP contribution in [-0.4, -0.2) is 20.5 Å². The number of nitrogens with one attached hydrogen (secondary N) is 1. The van der Waals surface area contributed by atoms with E-state index in [-0.39, 0.29) is 5.91 Å². The maximum absolute atomic E-state index is 11.1. The van der Waals surface area contributed by atoms with E-state index in [9.17, 15) is 4.79 Å². The summed E-state index contributed by atoms with van der Waals surface area (Å²) in [4.78, 5) is 15.5. The predicted octanol–water partition coefficient (Wildman–Crippen LogP) is 3.61. The number of hydrogen-bond acceptors (Lipinski definition) is 4. The maximum atomic E-state index is 11.1. The number of carbonyl (C=O) groups is 1. The molecule has 4 rings (SSSR count). The summed E-state index contributed by atoms with van der Waals surface area (Å²) >= 11 is 0. The Morgan fingerprint density at radius 1 is 1.08 bits per heavy atom. The number of carbonyl (C=O) groups excluding carboxylic acids is 1. The Bertz CT molecular complexity index is 1000. The van der Waals surface area contributed by atoms with Crippen LogP contribution in [0.1, 0.15) is 6.92 Å². The van der Waals surface area contributed by atoms with Crippen molar-refractivity contribution >= 4 is 17.2 Å². The lowest BCUT2D eigenvalue weighted by Gasteiger charge is -2.06. The van der Waals surface area contributed by atoms with Crippen LogP contribution in [0.25, 0.3) is 28.2 Å². The third-order valence-corrected chi connectivity index (χ3v) is 3.68. The van der Waals surface area contributed by atoms with E-state index >= 15 is 0 Å². The number of rotatable bonds is 3. The topological polar surface area (TPSA) is 72.4 Å². The number of amides is 1. The van der Waals surface area contributed by atoms with Crippen LogP contribution in [0, 0.1) is 0 Å². The van der Waals surface area contributed by atoms with Gasteiger partial charge in [0.15, 0.2) is 5.65 Å². The van der Waals surface area contributed by atoms with Crippen molar-refractivity contribution in [2.75, 3.05) is 5.32 Å². The zero-order valence-corrected chi connectivity index (χ0v) is 12.9. The zero-order valence-electron chi connectivity index (χ0n) is 12.9. The summed E-state index contributed by atoms with van der Waals surface area (Å²) in [5, 5.41) is 7.43. The highest BCUT2D eigenvalue weighted by atomic mass is 16.3. The molecular formula is C18H14N4O2. The number of furan rings is 1. The van der Waals surface area contributed by atoms with E-state index in [1.165, 1.54) is 6.92 Å². The van der Waals surface area contributed by atoms with Crippen molar-refractivity contribution in [3.63, 3.8) is 0 Å². The van der Waals surface area contributed by atoms with Crippen molar-refractivity contribution in [1.29, 1.82) is 0 Å². The van der Waals surface area contributed by atoms with Crippen molar-refractivity contribution < 1.29 is 9.21 Å². The van der Waals surface area contributed by atoms with Gasteiger partial charge >= 0.3 is 0 Å². The molecule has 3 heterocycles. The first-order chi connectivity index (χ1) is 11.7. The van der Waals surface area contributed by atoms with Crippen LogP contribution in [0.15, 0.2) is 65.6 Å². The average Bonchev–Trinajstić information content (AvgIpc) is 3.23. The molecule has 0 radical (unpaired) electrons. The molecule has 1 aromatic carbocycles. The first-order valence-corrected chi connectivity index (χ1v) is 7.46. The molecule has 0 aliphatic rings. The van der Waals surface area contributed by atoms with Gasteiger partial charge in [-0.2, -0.15) is 5.10 Å². The normalized spacial score (nSPS) is 10.9. The highest BCUT2D eigenvalue weighted by molar-refractivity contribution is 5.88. The Hall–Kier alpha value is -3.41. The summed E-state index contributed by atoms with van der Waals surface area (Å²) in [7, 11) is 0. The fraction of sp³-hybridized carbons (Fsp3) is 0.0556. The fourth-order valence-electron chi connectivity index (χ4n) is 2.56. The molecule has 4 aromatic rings. The van der Waals surface area contributed by atoms with Crippen molar-refractivity contribution in [3.05, 3.63) is 61.2 Å². The molecule has 0 spiro atoms. The van der Waals surface area contributed by atoms with Gasteiger partial charge < -0.3 is 9.73 Å². The summed E-state index contributed by atoms with van der Waals surface area (Å²) in [6.07, 6.45) is 5.07. The first-order valence-electron chi connectivity index (χ1n) is 7.46. The van der Waals surface area contributed by atoms with Crippen LogP contribution in [0.4, 0.5) is 5.69 Å². The van der Waals surface area contributed by atoms with Crippen LogP contribution < -0.4 is 5.32 Å². The molecule has 6 nitrogen and oxygen atoms in total. The van der Waals surface area contributed by atoms with E-state index < -0.39 is 0 Å². The van der Waals surface area contributed by atoms with Crippen molar-refractivity contribution in [2.24, 2.45) is 0 Å². The molecule has 3 aromatic heterocycles. The van der Waals surface area contributed by atoms with Gasteiger partial charge in [-0.25, -0.2) is 9.50 Å². The summed E-state index contributed by atoms with van der Waals surface area (Å²) in [6, 6.07) is 13.3. The minimum atomic E-state index is -0.0922. The Morgan fingerprint density at radius 3 is 2.62 bits per heavy atom. The van der Waals surface area contributed by atoms with Crippen LogP contribution in [-0.2, 0) is 4.79 Å². The number of benzene rings is 1. The van der Waals surface area contributed by atoms with Gasteiger partial charge in [0.05, 0.1) is 30.1 Å². The standard InChI is InChI=1S/C18H14N4O2/c1-12(23)20-15-4-2-13(3-5-15)16-6-7-18-19-10-17(22(18)21-16)14-8-9-24-11-14/h2-11H,1H3,(H,20,23). The molecule has 24 heavy (non-hydrogen) atoms. The number of nitrogens with zero attached hydrogens (tertiary/aromatic N) is 3. The van der Waals surface area contributed by atoms with Gasteiger partial charge in [0, 0.05) is 23.7 Å². The third kappa shape index (κ3) is 2.54. The van der Waals surface area contributed by atoms with E-state index in [1.54, 1.807) is 23.2 Å². The first kappa shape index (κ1) is 14.2. The largest absolute Gasteiger partial charge is 0.472 e. The number of anilines is 1. The van der Waals surface area contributed by atoms with E-state index in [1.807, 2.05) is 42.5 Å². The average molecular weight is 318 g/mol. The zero-order chi connectivity index (χ0) is 16.5. The Kier molecular flexibility index (Phi) is 3.35. The molecule has 0 fully saturated rings. The lowest BCUT2D eigenvalue weighted by Crippen LogP contribution is -2.05. The van der Waals surface area contributed by atoms with Crippen LogP contribution in [0.3, 0.4) is 0 Å². The third-order valence-electron chi connectivity index (χ3n) is 3.68. The van der Waals surface area contributed by atoms with Gasteiger partial charge in [-0.05, 0) is 30.3 Å². The molecule has 0 saturated carbocycles. The molecule has 0 unspecified atom stereocenters. The molecule has 0 atom stereocenters. The Morgan fingerprint density at radius 2 is 1.92 bits per heavy atom. The number of aromatic nitrogens is 3. The molecule has 1 amide bonds. The second kappa shape index (κ2) is 5.66. The van der Waals surface area contributed by atoms with Gasteiger partial charge in [0.25, 0.3) is 0 Å². The molecule has 0 aliphatic carbocycles. The van der Waals surface area contributed by atoms with Crippen LogP contribution in [0.2, 0.25) is 0 Å². The second-order valence-electron chi connectivity index (χ2n) is 5.40. The second-order valence-corrected chi connectivity index (χ2v) is 5.40. The highest BCUT2D eigenvalue weighted by Gasteiger charge is 2.10. The highest BCUT2D eigenvalue weighted by Crippen LogP contribution is 2.24. The molecule has 0 aliphatic heterocycles. The minimum absolute atomic E-state index is 0.0922. The van der Waals surface area contributed by atoms with Crippen molar-refractivity contribution in [2.45, 2.75) is 6.92 Å². The van der Waals surface area contributed by atoms with Crippen molar-refractivity contribution in [3.8, 4) is 22.5 Å². The van der Waals surface area contributed by atoms with Gasteiger partial charge in [0.1, 0.15) is 0 Å². The quantitative estimate of drug-likeness (QED) is 0.626. The van der Waals surface area contributed by atoms with Crippen molar-refractivity contribution in [1.82, 2.24) is 14.6 Å². The Balaban J connectivity index is 1.74. The lowest BCUT2D eigenvalue weighted by atomic mass is 10.1. The van der Waals surface area contributed by atoms with Gasteiger partial charge in [-0.1, -0.05) is 12.1 Å².